The first kappa shape index (κ1) is 19.4. The Hall–Kier alpha value is -2.34. The number of piperidine rings is 1. The van der Waals surface area contributed by atoms with Gasteiger partial charge in [0.1, 0.15) is 0 Å². The van der Waals surface area contributed by atoms with Crippen LogP contribution in [0.2, 0.25) is 0 Å². The molecule has 2 aromatic rings. The molecule has 5 nitrogen and oxygen atoms in total. The van der Waals surface area contributed by atoms with Gasteiger partial charge in [-0.1, -0.05) is 30.7 Å². The predicted molar refractivity (Wildman–Crippen MR) is 108 cm³/mol. The summed E-state index contributed by atoms with van der Waals surface area (Å²) >= 11 is 0. The van der Waals surface area contributed by atoms with Gasteiger partial charge >= 0.3 is 0 Å². The number of aryl methyl sites for hydroxylation is 1. The fourth-order valence-corrected chi connectivity index (χ4v) is 4.48. The number of likely N-dealkylation sites (tertiary alicyclic amines) is 1. The highest BCUT2D eigenvalue weighted by Crippen LogP contribution is 2.24. The van der Waals surface area contributed by atoms with Gasteiger partial charge in [0.15, 0.2) is 0 Å². The molecule has 0 unspecified atom stereocenters. The molecule has 0 saturated carbocycles. The number of nitrogens with zero attached hydrogens (tertiary/aromatic N) is 2. The van der Waals surface area contributed by atoms with E-state index in [1.807, 2.05) is 24.0 Å². The highest BCUT2D eigenvalue weighted by atomic mass is 32.2. The Morgan fingerprint density at radius 2 is 1.70 bits per heavy atom. The molecule has 1 aliphatic rings. The lowest BCUT2D eigenvalue weighted by molar-refractivity contribution is 0.0697. The van der Waals surface area contributed by atoms with Gasteiger partial charge in [-0.25, -0.2) is 8.42 Å². The van der Waals surface area contributed by atoms with E-state index in [9.17, 15) is 13.2 Å². The van der Waals surface area contributed by atoms with Gasteiger partial charge in [-0.15, -0.1) is 0 Å². The van der Waals surface area contributed by atoms with Crippen molar-refractivity contribution in [3.63, 3.8) is 0 Å². The van der Waals surface area contributed by atoms with Crippen LogP contribution in [0, 0.1) is 12.8 Å². The molecule has 1 amide bonds. The molecule has 1 saturated heterocycles. The van der Waals surface area contributed by atoms with Crippen molar-refractivity contribution in [3.05, 3.63) is 59.7 Å². The second-order valence-electron chi connectivity index (χ2n) is 7.31. The van der Waals surface area contributed by atoms with Crippen LogP contribution in [-0.4, -0.2) is 39.4 Å². The molecule has 0 aliphatic carbocycles. The maximum atomic E-state index is 13.0. The largest absolute Gasteiger partial charge is 0.339 e. The van der Waals surface area contributed by atoms with Gasteiger partial charge in [0, 0.05) is 25.7 Å². The van der Waals surface area contributed by atoms with E-state index in [0.717, 1.165) is 31.5 Å². The number of carbonyl (C=O) groups excluding carboxylic acids is 1. The van der Waals surface area contributed by atoms with Crippen LogP contribution >= 0.6 is 0 Å². The average molecular weight is 387 g/mol. The predicted octanol–water partition coefficient (Wildman–Crippen LogP) is 3.69. The molecule has 1 heterocycles. The van der Waals surface area contributed by atoms with Gasteiger partial charge in [0.05, 0.1) is 10.6 Å². The Balaban J connectivity index is 1.85. The summed E-state index contributed by atoms with van der Waals surface area (Å²) in [4.78, 5) is 14.7. The first-order chi connectivity index (χ1) is 12.8. The Bertz CT molecular complexity index is 915. The molecule has 3 rings (SSSR count). The minimum Gasteiger partial charge on any atom is -0.339 e. The van der Waals surface area contributed by atoms with Gasteiger partial charge in [-0.3, -0.25) is 9.10 Å². The molecule has 2 aromatic carbocycles. The third-order valence-electron chi connectivity index (χ3n) is 5.21. The lowest BCUT2D eigenvalue weighted by Crippen LogP contribution is -2.38. The third kappa shape index (κ3) is 4.16. The molecular formula is C21H26N2O3S. The Morgan fingerprint density at radius 3 is 2.33 bits per heavy atom. The van der Waals surface area contributed by atoms with E-state index in [1.54, 1.807) is 24.3 Å². The van der Waals surface area contributed by atoms with Crippen molar-refractivity contribution in [1.82, 2.24) is 4.90 Å². The molecule has 0 atom stereocenters. The lowest BCUT2D eigenvalue weighted by atomic mass is 9.98. The van der Waals surface area contributed by atoms with Crippen molar-refractivity contribution in [3.8, 4) is 0 Å². The summed E-state index contributed by atoms with van der Waals surface area (Å²) in [7, 11) is -2.21. The molecule has 1 aliphatic heterocycles. The number of carbonyl (C=O) groups is 1. The van der Waals surface area contributed by atoms with E-state index in [4.69, 9.17) is 0 Å². The fraction of sp³-hybridized carbons (Fsp3) is 0.381. The molecule has 1 fully saturated rings. The average Bonchev–Trinajstić information content (AvgIpc) is 2.68. The normalized spacial score (nSPS) is 15.6. The smallest absolute Gasteiger partial charge is 0.264 e. The molecular weight excluding hydrogens is 360 g/mol. The van der Waals surface area contributed by atoms with Crippen LogP contribution in [0.1, 0.15) is 35.7 Å². The molecule has 0 spiro atoms. The van der Waals surface area contributed by atoms with E-state index in [-0.39, 0.29) is 10.8 Å². The molecule has 0 radical (unpaired) electrons. The van der Waals surface area contributed by atoms with Gasteiger partial charge in [-0.2, -0.15) is 0 Å². The number of anilines is 1. The molecule has 6 heteroatoms. The zero-order valence-corrected chi connectivity index (χ0v) is 16.9. The fourth-order valence-electron chi connectivity index (χ4n) is 3.24. The van der Waals surface area contributed by atoms with Crippen LogP contribution in [0.5, 0.6) is 0 Å². The minimum atomic E-state index is -3.74. The zero-order chi connectivity index (χ0) is 19.6. The van der Waals surface area contributed by atoms with Crippen molar-refractivity contribution < 1.29 is 13.2 Å². The summed E-state index contributed by atoms with van der Waals surface area (Å²) < 4.78 is 27.3. The quantitative estimate of drug-likeness (QED) is 0.805. The topological polar surface area (TPSA) is 57.7 Å². The van der Waals surface area contributed by atoms with Crippen molar-refractivity contribution in [2.24, 2.45) is 5.92 Å². The number of rotatable bonds is 4. The van der Waals surface area contributed by atoms with Crippen LogP contribution in [0.15, 0.2) is 53.4 Å². The van der Waals surface area contributed by atoms with Crippen molar-refractivity contribution in [2.45, 2.75) is 31.6 Å². The minimum absolute atomic E-state index is 0.100. The van der Waals surface area contributed by atoms with E-state index < -0.39 is 10.0 Å². The van der Waals surface area contributed by atoms with E-state index in [0.29, 0.717) is 17.2 Å². The summed E-state index contributed by atoms with van der Waals surface area (Å²) in [6, 6.07) is 13.6. The van der Waals surface area contributed by atoms with E-state index >= 15 is 0 Å². The maximum Gasteiger partial charge on any atom is 0.264 e. The number of sulfonamides is 1. The van der Waals surface area contributed by atoms with Gasteiger partial charge in [0.25, 0.3) is 15.9 Å². The lowest BCUT2D eigenvalue weighted by Gasteiger charge is -2.30. The summed E-state index contributed by atoms with van der Waals surface area (Å²) in [6.45, 7) is 5.59. The Labute approximate surface area is 161 Å². The summed E-state index contributed by atoms with van der Waals surface area (Å²) in [6.07, 6.45) is 1.97. The highest BCUT2D eigenvalue weighted by Gasteiger charge is 2.25. The summed E-state index contributed by atoms with van der Waals surface area (Å²) in [5, 5.41) is 0. The van der Waals surface area contributed by atoms with Crippen molar-refractivity contribution >= 4 is 21.6 Å². The number of hydrogen-bond donors (Lipinski definition) is 0. The van der Waals surface area contributed by atoms with Crippen LogP contribution in [0.4, 0.5) is 5.69 Å². The molecule has 0 N–H and O–H groups in total. The number of benzene rings is 2. The van der Waals surface area contributed by atoms with Crippen LogP contribution in [0.25, 0.3) is 0 Å². The number of hydrogen-bond acceptors (Lipinski definition) is 3. The van der Waals surface area contributed by atoms with Gasteiger partial charge in [-0.05, 0) is 56.0 Å². The van der Waals surface area contributed by atoms with Crippen LogP contribution in [-0.2, 0) is 10.0 Å². The monoisotopic (exact) mass is 386 g/mol. The first-order valence-corrected chi connectivity index (χ1v) is 10.7. The SMILES string of the molecule is Cc1ccc(N(C)S(=O)(=O)c2cccc(C(=O)N3CCC(C)CC3)c2)cc1. The standard InChI is InChI=1S/C21H26N2O3S/c1-16-7-9-19(10-8-16)22(3)27(25,26)20-6-4-5-18(15-20)21(24)23-13-11-17(2)12-14-23/h4-10,15,17H,11-14H2,1-3H3. The van der Waals surface area contributed by atoms with Crippen LogP contribution < -0.4 is 4.31 Å². The number of amides is 1. The molecule has 0 aromatic heterocycles. The Morgan fingerprint density at radius 1 is 1.07 bits per heavy atom. The second kappa shape index (κ2) is 7.72. The maximum absolute atomic E-state index is 13.0. The first-order valence-electron chi connectivity index (χ1n) is 9.24. The van der Waals surface area contributed by atoms with E-state index in [2.05, 4.69) is 6.92 Å². The second-order valence-corrected chi connectivity index (χ2v) is 9.28. The Kier molecular flexibility index (Phi) is 5.56. The van der Waals surface area contributed by atoms with Crippen LogP contribution in [0.3, 0.4) is 0 Å². The summed E-state index contributed by atoms with van der Waals surface area (Å²) in [5.74, 6) is 0.529. The molecule has 27 heavy (non-hydrogen) atoms. The van der Waals surface area contributed by atoms with Crippen molar-refractivity contribution in [2.75, 3.05) is 24.4 Å². The van der Waals surface area contributed by atoms with E-state index in [1.165, 1.54) is 23.5 Å². The summed E-state index contributed by atoms with van der Waals surface area (Å²) in [5.41, 5.74) is 2.07. The third-order valence-corrected chi connectivity index (χ3v) is 6.99. The molecule has 0 bridgehead atoms. The zero-order valence-electron chi connectivity index (χ0n) is 16.1. The molecule has 144 valence electrons. The highest BCUT2D eigenvalue weighted by molar-refractivity contribution is 7.92. The van der Waals surface area contributed by atoms with Gasteiger partial charge in [0.2, 0.25) is 0 Å². The van der Waals surface area contributed by atoms with Crippen molar-refractivity contribution in [1.29, 1.82) is 0 Å². The van der Waals surface area contributed by atoms with Gasteiger partial charge < -0.3 is 4.90 Å².